The molecule has 4 rings (SSSR count). The van der Waals surface area contributed by atoms with Gasteiger partial charge in [-0.25, -0.2) is 0 Å². The van der Waals surface area contributed by atoms with E-state index in [-0.39, 0.29) is 41.0 Å². The van der Waals surface area contributed by atoms with E-state index >= 15 is 0 Å². The molecule has 9 unspecified atom stereocenters. The summed E-state index contributed by atoms with van der Waals surface area (Å²) in [5, 5.41) is 21.6. The number of fused-ring (bicyclic) bond motifs is 5. The standard InChI is InChI=1S/C21H34O4/c1-12(22)25-13-6-8-20(2)16-7-9-21(3)15(4-5-19(21)24)14(16)11-18(23)17(20)10-13/h13-19,23-24H,4-11H2,1-3H3. The number of esters is 1. The zero-order valence-electron chi connectivity index (χ0n) is 15.9. The summed E-state index contributed by atoms with van der Waals surface area (Å²) in [6.45, 7) is 6.15. The average molecular weight is 350 g/mol. The minimum Gasteiger partial charge on any atom is -0.463 e. The SMILES string of the molecule is CC(=O)OC1CCC2(C)C(C1)C(O)CC1C3CCC(O)C3(C)CCC12. The van der Waals surface area contributed by atoms with Crippen LogP contribution in [0.25, 0.3) is 0 Å². The Balaban J connectivity index is 1.58. The Morgan fingerprint density at radius 1 is 0.920 bits per heavy atom. The molecule has 0 saturated heterocycles. The third-order valence-electron chi connectivity index (χ3n) is 8.91. The van der Waals surface area contributed by atoms with Crippen LogP contribution < -0.4 is 0 Å². The van der Waals surface area contributed by atoms with Gasteiger partial charge in [0.25, 0.3) is 0 Å². The normalized spacial score (nSPS) is 55.0. The molecule has 0 aliphatic heterocycles. The maximum absolute atomic E-state index is 11.3. The van der Waals surface area contributed by atoms with Crippen LogP contribution in [-0.2, 0) is 9.53 Å². The van der Waals surface area contributed by atoms with Gasteiger partial charge in [0.2, 0.25) is 0 Å². The number of aliphatic hydroxyl groups is 2. The summed E-state index contributed by atoms with van der Waals surface area (Å²) < 4.78 is 5.49. The van der Waals surface area contributed by atoms with Gasteiger partial charge in [0, 0.05) is 6.92 Å². The van der Waals surface area contributed by atoms with Gasteiger partial charge in [0.15, 0.2) is 0 Å². The van der Waals surface area contributed by atoms with Crippen LogP contribution in [0.5, 0.6) is 0 Å². The minimum absolute atomic E-state index is 0.0241. The second-order valence-corrected chi connectivity index (χ2v) is 9.94. The molecule has 4 aliphatic carbocycles. The highest BCUT2D eigenvalue weighted by Crippen LogP contribution is 2.66. The zero-order chi connectivity index (χ0) is 18.0. The van der Waals surface area contributed by atoms with Crippen molar-refractivity contribution in [3.63, 3.8) is 0 Å². The summed E-state index contributed by atoms with van der Waals surface area (Å²) in [7, 11) is 0. The topological polar surface area (TPSA) is 66.8 Å². The first-order chi connectivity index (χ1) is 11.8. The number of hydrogen-bond acceptors (Lipinski definition) is 4. The van der Waals surface area contributed by atoms with Gasteiger partial charge in [0.1, 0.15) is 6.10 Å². The smallest absolute Gasteiger partial charge is 0.302 e. The summed E-state index contributed by atoms with van der Waals surface area (Å²) >= 11 is 0. The fraction of sp³-hybridized carbons (Fsp3) is 0.952. The van der Waals surface area contributed by atoms with Crippen LogP contribution in [0.1, 0.15) is 72.1 Å². The van der Waals surface area contributed by atoms with E-state index < -0.39 is 0 Å². The van der Waals surface area contributed by atoms with Crippen LogP contribution in [-0.4, -0.2) is 34.5 Å². The molecule has 0 aromatic carbocycles. The van der Waals surface area contributed by atoms with Crippen molar-refractivity contribution < 1.29 is 19.7 Å². The monoisotopic (exact) mass is 350 g/mol. The minimum atomic E-state index is -0.301. The predicted octanol–water partition coefficient (Wildman–Crippen LogP) is 3.29. The lowest BCUT2D eigenvalue weighted by Gasteiger charge is -2.62. The molecule has 25 heavy (non-hydrogen) atoms. The summed E-state index contributed by atoms with van der Waals surface area (Å²) in [4.78, 5) is 11.3. The van der Waals surface area contributed by atoms with Crippen LogP contribution in [0.15, 0.2) is 0 Å². The van der Waals surface area contributed by atoms with Gasteiger partial charge < -0.3 is 14.9 Å². The lowest BCUT2D eigenvalue weighted by Crippen LogP contribution is -2.58. The summed E-state index contributed by atoms with van der Waals surface area (Å²) in [5.41, 5.74) is 0.201. The average Bonchev–Trinajstić information content (AvgIpc) is 2.84. The van der Waals surface area contributed by atoms with Gasteiger partial charge in [-0.3, -0.25) is 4.79 Å². The summed E-state index contributed by atoms with van der Waals surface area (Å²) in [6.07, 6.45) is 7.48. The fourth-order valence-corrected chi connectivity index (χ4v) is 7.58. The van der Waals surface area contributed by atoms with Crippen molar-refractivity contribution in [1.82, 2.24) is 0 Å². The summed E-state index contributed by atoms with van der Waals surface area (Å²) in [6, 6.07) is 0. The van der Waals surface area contributed by atoms with Crippen LogP contribution in [0.2, 0.25) is 0 Å². The Labute approximate surface area is 151 Å². The molecule has 4 aliphatic rings. The molecule has 0 aromatic heterocycles. The van der Waals surface area contributed by atoms with Gasteiger partial charge in [-0.05, 0) is 85.9 Å². The predicted molar refractivity (Wildman–Crippen MR) is 94.7 cm³/mol. The van der Waals surface area contributed by atoms with Gasteiger partial charge in [-0.15, -0.1) is 0 Å². The molecule has 0 spiro atoms. The Hall–Kier alpha value is -0.610. The molecule has 0 radical (unpaired) electrons. The molecule has 4 nitrogen and oxygen atoms in total. The second-order valence-electron chi connectivity index (χ2n) is 9.94. The van der Waals surface area contributed by atoms with Crippen molar-refractivity contribution in [2.75, 3.05) is 0 Å². The van der Waals surface area contributed by atoms with E-state index in [1.807, 2.05) is 0 Å². The number of carbonyl (C=O) groups excluding carboxylic acids is 1. The van der Waals surface area contributed by atoms with E-state index in [1.54, 1.807) is 0 Å². The van der Waals surface area contributed by atoms with Crippen molar-refractivity contribution in [2.24, 2.45) is 34.5 Å². The van der Waals surface area contributed by atoms with Crippen molar-refractivity contribution in [2.45, 2.75) is 90.4 Å². The summed E-state index contributed by atoms with van der Waals surface area (Å²) in [5.74, 6) is 1.77. The molecule has 0 aromatic rings. The van der Waals surface area contributed by atoms with Crippen molar-refractivity contribution in [3.05, 3.63) is 0 Å². The van der Waals surface area contributed by atoms with Gasteiger partial charge in [-0.2, -0.15) is 0 Å². The largest absolute Gasteiger partial charge is 0.463 e. The quantitative estimate of drug-likeness (QED) is 0.712. The highest BCUT2D eigenvalue weighted by Gasteiger charge is 2.62. The Bertz CT molecular complexity index is 548. The first-order valence-electron chi connectivity index (χ1n) is 10.3. The van der Waals surface area contributed by atoms with Gasteiger partial charge in [-0.1, -0.05) is 13.8 Å². The third kappa shape index (κ3) is 2.58. The first kappa shape index (κ1) is 17.8. The maximum atomic E-state index is 11.3. The van der Waals surface area contributed by atoms with E-state index in [0.29, 0.717) is 17.8 Å². The molecule has 0 heterocycles. The molecule has 9 atom stereocenters. The Kier molecular flexibility index (Phi) is 4.23. The number of hydrogen-bond donors (Lipinski definition) is 2. The molecular weight excluding hydrogens is 316 g/mol. The third-order valence-corrected chi connectivity index (χ3v) is 8.91. The fourth-order valence-electron chi connectivity index (χ4n) is 7.58. The zero-order valence-corrected chi connectivity index (χ0v) is 15.9. The van der Waals surface area contributed by atoms with E-state index in [1.165, 1.54) is 13.3 Å². The highest BCUT2D eigenvalue weighted by molar-refractivity contribution is 5.66. The van der Waals surface area contributed by atoms with Crippen LogP contribution in [0, 0.1) is 34.5 Å². The number of rotatable bonds is 1. The molecule has 0 bridgehead atoms. The molecule has 4 fully saturated rings. The Morgan fingerprint density at radius 2 is 1.60 bits per heavy atom. The molecule has 142 valence electrons. The lowest BCUT2D eigenvalue weighted by atomic mass is 9.44. The van der Waals surface area contributed by atoms with Gasteiger partial charge in [0.05, 0.1) is 12.2 Å². The van der Waals surface area contributed by atoms with E-state index in [2.05, 4.69) is 13.8 Å². The van der Waals surface area contributed by atoms with Crippen LogP contribution >= 0.6 is 0 Å². The molecule has 4 saturated carbocycles. The van der Waals surface area contributed by atoms with Crippen molar-refractivity contribution >= 4 is 5.97 Å². The Morgan fingerprint density at radius 3 is 2.32 bits per heavy atom. The van der Waals surface area contributed by atoms with E-state index in [0.717, 1.165) is 44.9 Å². The van der Waals surface area contributed by atoms with E-state index in [4.69, 9.17) is 4.74 Å². The molecule has 2 N–H and O–H groups in total. The second kappa shape index (κ2) is 5.95. The number of aliphatic hydroxyl groups excluding tert-OH is 2. The molecule has 0 amide bonds. The van der Waals surface area contributed by atoms with Crippen LogP contribution in [0.4, 0.5) is 0 Å². The number of carbonyl (C=O) groups is 1. The maximum Gasteiger partial charge on any atom is 0.302 e. The molecular formula is C21H34O4. The van der Waals surface area contributed by atoms with Crippen LogP contribution in [0.3, 0.4) is 0 Å². The number of ether oxygens (including phenoxy) is 1. The molecule has 4 heteroatoms. The highest BCUT2D eigenvalue weighted by atomic mass is 16.5. The van der Waals surface area contributed by atoms with Crippen molar-refractivity contribution in [1.29, 1.82) is 0 Å². The lowest BCUT2D eigenvalue weighted by molar-refractivity contribution is -0.183. The van der Waals surface area contributed by atoms with Crippen molar-refractivity contribution in [3.8, 4) is 0 Å². The van der Waals surface area contributed by atoms with Gasteiger partial charge >= 0.3 is 5.97 Å². The van der Waals surface area contributed by atoms with E-state index in [9.17, 15) is 15.0 Å². The first-order valence-corrected chi connectivity index (χ1v) is 10.3.